The minimum Gasteiger partial charge on any atom is -0.379 e. The normalized spacial score (nSPS) is 15.7. The molecule has 0 aliphatic heterocycles. The molecule has 3 N–H and O–H groups in total. The molecule has 0 aromatic carbocycles. The smallest absolute Gasteiger partial charge is 0.188 e. The first-order valence-electron chi connectivity index (χ1n) is 5.94. The van der Waals surface area contributed by atoms with Gasteiger partial charge in [-0.3, -0.25) is 4.99 Å². The van der Waals surface area contributed by atoms with E-state index in [4.69, 9.17) is 10.5 Å². The number of hydrogen-bond donors (Lipinski definition) is 2. The Morgan fingerprint density at radius 2 is 2.25 bits per heavy atom. The summed E-state index contributed by atoms with van der Waals surface area (Å²) >= 11 is 0. The summed E-state index contributed by atoms with van der Waals surface area (Å²) in [6.07, 6.45) is 4.93. The average Bonchev–Trinajstić information content (AvgIpc) is 3.02. The molecule has 96 valence electrons. The van der Waals surface area contributed by atoms with Crippen LogP contribution in [0, 0.1) is 5.92 Å². The van der Waals surface area contributed by atoms with Crippen LogP contribution in [0.3, 0.4) is 0 Å². The van der Waals surface area contributed by atoms with E-state index in [1.165, 1.54) is 12.8 Å². The molecule has 0 bridgehead atoms. The average molecular weight is 341 g/mol. The van der Waals surface area contributed by atoms with Gasteiger partial charge in [0.1, 0.15) is 0 Å². The molecule has 0 heterocycles. The molecule has 4 nitrogen and oxygen atoms in total. The van der Waals surface area contributed by atoms with Crippen molar-refractivity contribution in [2.45, 2.75) is 32.6 Å². The maximum atomic E-state index is 5.65. The molecule has 0 amide bonds. The van der Waals surface area contributed by atoms with Crippen molar-refractivity contribution in [1.29, 1.82) is 0 Å². The SMILES string of the molecule is CCCCN=C(N)NCCOCC1CC1.I. The van der Waals surface area contributed by atoms with Gasteiger partial charge in [-0.1, -0.05) is 13.3 Å². The van der Waals surface area contributed by atoms with Gasteiger partial charge in [0.25, 0.3) is 0 Å². The summed E-state index contributed by atoms with van der Waals surface area (Å²) in [6, 6.07) is 0. The standard InChI is InChI=1S/C11H23N3O.HI/c1-2-3-6-13-11(12)14-7-8-15-9-10-4-5-10;/h10H,2-9H2,1H3,(H3,12,13,14);1H. The van der Waals surface area contributed by atoms with Crippen LogP contribution in [0.15, 0.2) is 4.99 Å². The van der Waals surface area contributed by atoms with Crippen molar-refractivity contribution in [1.82, 2.24) is 5.32 Å². The molecule has 0 aromatic rings. The molecule has 0 atom stereocenters. The van der Waals surface area contributed by atoms with E-state index in [0.717, 1.165) is 45.1 Å². The maximum Gasteiger partial charge on any atom is 0.188 e. The molecule has 1 rings (SSSR count). The second-order valence-electron chi connectivity index (χ2n) is 4.07. The van der Waals surface area contributed by atoms with Crippen molar-refractivity contribution in [3.05, 3.63) is 0 Å². The third-order valence-electron chi connectivity index (χ3n) is 2.40. The van der Waals surface area contributed by atoms with Crippen molar-refractivity contribution < 1.29 is 4.74 Å². The molecule has 0 spiro atoms. The summed E-state index contributed by atoms with van der Waals surface area (Å²) in [5, 5.41) is 3.04. The lowest BCUT2D eigenvalue weighted by atomic mass is 10.3. The van der Waals surface area contributed by atoms with Gasteiger partial charge in [0.05, 0.1) is 6.61 Å². The zero-order valence-corrected chi connectivity index (χ0v) is 12.4. The zero-order chi connectivity index (χ0) is 10.9. The first-order valence-corrected chi connectivity index (χ1v) is 5.94. The van der Waals surface area contributed by atoms with E-state index in [9.17, 15) is 0 Å². The van der Waals surface area contributed by atoms with Crippen LogP contribution in [-0.2, 0) is 4.74 Å². The Bertz CT molecular complexity index is 196. The minimum atomic E-state index is 0. The van der Waals surface area contributed by atoms with Crippen LogP contribution in [0.5, 0.6) is 0 Å². The fourth-order valence-corrected chi connectivity index (χ4v) is 1.20. The Balaban J connectivity index is 0.00000225. The van der Waals surface area contributed by atoms with Gasteiger partial charge in [0.2, 0.25) is 0 Å². The molecule has 1 saturated carbocycles. The molecule has 1 fully saturated rings. The molecule has 0 radical (unpaired) electrons. The Kier molecular flexibility index (Phi) is 10.1. The van der Waals surface area contributed by atoms with E-state index < -0.39 is 0 Å². The van der Waals surface area contributed by atoms with E-state index in [-0.39, 0.29) is 24.0 Å². The van der Waals surface area contributed by atoms with Crippen LogP contribution >= 0.6 is 24.0 Å². The summed E-state index contributed by atoms with van der Waals surface area (Å²) in [6.45, 7) is 5.35. The van der Waals surface area contributed by atoms with Gasteiger partial charge in [0.15, 0.2) is 5.96 Å². The van der Waals surface area contributed by atoms with Gasteiger partial charge in [0, 0.05) is 19.7 Å². The monoisotopic (exact) mass is 341 g/mol. The van der Waals surface area contributed by atoms with Gasteiger partial charge in [-0.15, -0.1) is 24.0 Å². The number of ether oxygens (including phenoxy) is 1. The Labute approximate surface area is 115 Å². The van der Waals surface area contributed by atoms with E-state index in [2.05, 4.69) is 17.2 Å². The molecule has 5 heteroatoms. The fourth-order valence-electron chi connectivity index (χ4n) is 1.20. The molecule has 0 unspecified atom stereocenters. The highest BCUT2D eigenvalue weighted by molar-refractivity contribution is 14.0. The second kappa shape index (κ2) is 10.1. The number of hydrogen-bond acceptors (Lipinski definition) is 2. The first kappa shape index (κ1) is 16.0. The largest absolute Gasteiger partial charge is 0.379 e. The predicted molar refractivity (Wildman–Crippen MR) is 78.4 cm³/mol. The van der Waals surface area contributed by atoms with Gasteiger partial charge < -0.3 is 15.8 Å². The van der Waals surface area contributed by atoms with Crippen molar-refractivity contribution in [2.75, 3.05) is 26.3 Å². The highest BCUT2D eigenvalue weighted by Gasteiger charge is 2.20. The van der Waals surface area contributed by atoms with Crippen LogP contribution < -0.4 is 11.1 Å². The summed E-state index contributed by atoms with van der Waals surface area (Å²) in [5.41, 5.74) is 5.65. The molecule has 16 heavy (non-hydrogen) atoms. The number of nitrogens with zero attached hydrogens (tertiary/aromatic N) is 1. The molecule has 0 saturated heterocycles. The highest BCUT2D eigenvalue weighted by atomic mass is 127. The topological polar surface area (TPSA) is 59.6 Å². The number of unbranched alkanes of at least 4 members (excludes halogenated alkanes) is 1. The minimum absolute atomic E-state index is 0. The Morgan fingerprint density at radius 1 is 1.50 bits per heavy atom. The molecular weight excluding hydrogens is 317 g/mol. The fraction of sp³-hybridized carbons (Fsp3) is 0.909. The van der Waals surface area contributed by atoms with Gasteiger partial charge >= 0.3 is 0 Å². The third-order valence-corrected chi connectivity index (χ3v) is 2.40. The van der Waals surface area contributed by atoms with Crippen molar-refractivity contribution in [2.24, 2.45) is 16.6 Å². The van der Waals surface area contributed by atoms with Crippen LogP contribution in [0.25, 0.3) is 0 Å². The lowest BCUT2D eigenvalue weighted by molar-refractivity contribution is 0.129. The van der Waals surface area contributed by atoms with E-state index in [0.29, 0.717) is 5.96 Å². The third kappa shape index (κ3) is 9.21. The van der Waals surface area contributed by atoms with Crippen molar-refractivity contribution in [3.63, 3.8) is 0 Å². The first-order chi connectivity index (χ1) is 7.33. The highest BCUT2D eigenvalue weighted by Crippen LogP contribution is 2.28. The van der Waals surface area contributed by atoms with Crippen LogP contribution in [0.2, 0.25) is 0 Å². The number of halogens is 1. The second-order valence-corrected chi connectivity index (χ2v) is 4.07. The number of rotatable bonds is 8. The van der Waals surface area contributed by atoms with Crippen molar-refractivity contribution in [3.8, 4) is 0 Å². The zero-order valence-electron chi connectivity index (χ0n) is 10.1. The molecule has 0 aromatic heterocycles. The van der Waals surface area contributed by atoms with Gasteiger partial charge in [-0.05, 0) is 25.2 Å². The number of nitrogens with two attached hydrogens (primary N) is 1. The molecule has 1 aliphatic carbocycles. The number of nitrogens with one attached hydrogen (secondary N) is 1. The number of aliphatic imine (C=N–C) groups is 1. The van der Waals surface area contributed by atoms with Gasteiger partial charge in [-0.25, -0.2) is 0 Å². The Hall–Kier alpha value is -0.0400. The molecule has 1 aliphatic rings. The quantitative estimate of drug-likeness (QED) is 0.306. The van der Waals surface area contributed by atoms with E-state index in [1.54, 1.807) is 0 Å². The molecular formula is C11H24IN3O. The maximum absolute atomic E-state index is 5.65. The lowest BCUT2D eigenvalue weighted by Crippen LogP contribution is -2.34. The van der Waals surface area contributed by atoms with E-state index in [1.807, 2.05) is 0 Å². The summed E-state index contributed by atoms with van der Waals surface area (Å²) in [7, 11) is 0. The van der Waals surface area contributed by atoms with Crippen LogP contribution in [0.4, 0.5) is 0 Å². The summed E-state index contributed by atoms with van der Waals surface area (Å²) < 4.78 is 5.46. The summed E-state index contributed by atoms with van der Waals surface area (Å²) in [4.78, 5) is 4.19. The predicted octanol–water partition coefficient (Wildman–Crippen LogP) is 1.74. The lowest BCUT2D eigenvalue weighted by Gasteiger charge is -2.06. The van der Waals surface area contributed by atoms with E-state index >= 15 is 0 Å². The van der Waals surface area contributed by atoms with Crippen molar-refractivity contribution >= 4 is 29.9 Å². The van der Waals surface area contributed by atoms with Crippen LogP contribution in [0.1, 0.15) is 32.6 Å². The number of guanidine groups is 1. The van der Waals surface area contributed by atoms with Gasteiger partial charge in [-0.2, -0.15) is 0 Å². The summed E-state index contributed by atoms with van der Waals surface area (Å²) in [5.74, 6) is 1.37. The van der Waals surface area contributed by atoms with Crippen LogP contribution in [-0.4, -0.2) is 32.3 Å². The Morgan fingerprint density at radius 3 is 2.88 bits per heavy atom.